The largest absolute Gasteiger partial charge is 0.241 e. The van der Waals surface area contributed by atoms with Gasteiger partial charge in [0, 0.05) is 11.6 Å². The highest BCUT2D eigenvalue weighted by molar-refractivity contribution is 5.78. The molecular formula is C16H14N2. The van der Waals surface area contributed by atoms with Crippen LogP contribution in [0.25, 0.3) is 10.9 Å². The Morgan fingerprint density at radius 3 is 2.61 bits per heavy atom. The van der Waals surface area contributed by atoms with Crippen molar-refractivity contribution in [3.05, 3.63) is 71.7 Å². The Labute approximate surface area is 106 Å². The van der Waals surface area contributed by atoms with Gasteiger partial charge >= 0.3 is 0 Å². The molecule has 0 saturated carbocycles. The van der Waals surface area contributed by atoms with Gasteiger partial charge in [0.2, 0.25) is 0 Å². The summed E-state index contributed by atoms with van der Waals surface area (Å²) in [5.74, 6) is 0.819. The molecule has 2 nitrogen and oxygen atoms in total. The Balaban J connectivity index is 1.98. The number of benzene rings is 2. The van der Waals surface area contributed by atoms with E-state index in [1.807, 2.05) is 19.2 Å². The molecule has 0 bridgehead atoms. The van der Waals surface area contributed by atoms with Gasteiger partial charge < -0.3 is 0 Å². The van der Waals surface area contributed by atoms with Crippen LogP contribution in [0.1, 0.15) is 17.0 Å². The molecule has 3 rings (SSSR count). The van der Waals surface area contributed by atoms with Gasteiger partial charge in [0.05, 0.1) is 5.52 Å². The molecule has 0 fully saturated rings. The molecule has 0 saturated heterocycles. The summed E-state index contributed by atoms with van der Waals surface area (Å²) in [6.07, 6.45) is 2.82. The molecule has 18 heavy (non-hydrogen) atoms. The van der Waals surface area contributed by atoms with Crippen molar-refractivity contribution in [3.63, 3.8) is 0 Å². The summed E-state index contributed by atoms with van der Waals surface area (Å²) in [5, 5.41) is 1.09. The first kappa shape index (κ1) is 10.9. The molecule has 2 aromatic carbocycles. The molecule has 0 unspecified atom stereocenters. The highest BCUT2D eigenvalue weighted by atomic mass is 14.9. The maximum atomic E-state index is 4.47. The lowest BCUT2D eigenvalue weighted by molar-refractivity contribution is 1.09. The van der Waals surface area contributed by atoms with E-state index in [1.165, 1.54) is 11.1 Å². The van der Waals surface area contributed by atoms with Crippen molar-refractivity contribution in [1.29, 1.82) is 0 Å². The van der Waals surface area contributed by atoms with Gasteiger partial charge in [-0.3, -0.25) is 0 Å². The number of rotatable bonds is 2. The third kappa shape index (κ3) is 2.23. The lowest BCUT2D eigenvalue weighted by Crippen LogP contribution is -1.91. The van der Waals surface area contributed by atoms with Crippen molar-refractivity contribution >= 4 is 10.9 Å². The van der Waals surface area contributed by atoms with E-state index in [2.05, 4.69) is 52.4 Å². The lowest BCUT2D eigenvalue weighted by Gasteiger charge is -2.04. The fraction of sp³-hybridized carbons (Fsp3) is 0.125. The molecule has 0 aliphatic heterocycles. The van der Waals surface area contributed by atoms with Crippen LogP contribution in [0.4, 0.5) is 0 Å². The normalized spacial score (nSPS) is 10.7. The monoisotopic (exact) mass is 234 g/mol. The Morgan fingerprint density at radius 2 is 1.78 bits per heavy atom. The van der Waals surface area contributed by atoms with E-state index in [0.717, 1.165) is 23.1 Å². The minimum Gasteiger partial charge on any atom is -0.241 e. The van der Waals surface area contributed by atoms with Gasteiger partial charge in [-0.1, -0.05) is 42.5 Å². The van der Waals surface area contributed by atoms with Gasteiger partial charge in [-0.25, -0.2) is 9.97 Å². The predicted molar refractivity (Wildman–Crippen MR) is 73.5 cm³/mol. The summed E-state index contributed by atoms with van der Waals surface area (Å²) in [6, 6.07) is 16.9. The molecule has 2 heteroatoms. The molecular weight excluding hydrogens is 220 g/mol. The Bertz CT molecular complexity index is 675. The molecule has 88 valence electrons. The van der Waals surface area contributed by atoms with E-state index in [9.17, 15) is 0 Å². The number of aromatic nitrogens is 2. The number of aryl methyl sites for hydroxylation is 1. The summed E-state index contributed by atoms with van der Waals surface area (Å²) in [6.45, 7) is 1.92. The molecule has 1 aromatic heterocycles. The van der Waals surface area contributed by atoms with Crippen molar-refractivity contribution in [2.45, 2.75) is 13.3 Å². The fourth-order valence-corrected chi connectivity index (χ4v) is 2.10. The van der Waals surface area contributed by atoms with Crippen LogP contribution >= 0.6 is 0 Å². The molecule has 0 atom stereocenters. The minimum atomic E-state index is 0.819. The molecule has 0 amide bonds. The molecule has 1 heterocycles. The topological polar surface area (TPSA) is 25.8 Å². The zero-order valence-corrected chi connectivity index (χ0v) is 10.3. The van der Waals surface area contributed by atoms with Gasteiger partial charge in [0.15, 0.2) is 0 Å². The van der Waals surface area contributed by atoms with E-state index in [1.54, 1.807) is 0 Å². The number of nitrogens with zero attached hydrogens (tertiary/aromatic N) is 2. The van der Waals surface area contributed by atoms with Gasteiger partial charge in [-0.15, -0.1) is 0 Å². The fourth-order valence-electron chi connectivity index (χ4n) is 2.10. The number of hydrogen-bond acceptors (Lipinski definition) is 2. The second-order valence-electron chi connectivity index (χ2n) is 4.47. The molecule has 3 aromatic rings. The van der Waals surface area contributed by atoms with Crippen LogP contribution < -0.4 is 0 Å². The molecule has 0 aliphatic rings. The first-order valence-electron chi connectivity index (χ1n) is 6.07. The van der Waals surface area contributed by atoms with Crippen LogP contribution in [0, 0.1) is 6.92 Å². The van der Waals surface area contributed by atoms with Crippen molar-refractivity contribution in [2.24, 2.45) is 0 Å². The second kappa shape index (κ2) is 4.57. The van der Waals surface area contributed by atoms with Gasteiger partial charge in [-0.05, 0) is 30.5 Å². The number of hydrogen-bond donors (Lipinski definition) is 0. The van der Waals surface area contributed by atoms with Crippen molar-refractivity contribution in [1.82, 2.24) is 9.97 Å². The van der Waals surface area contributed by atoms with Gasteiger partial charge in [0.25, 0.3) is 0 Å². The Hall–Kier alpha value is -2.22. The smallest absolute Gasteiger partial charge is 0.125 e. The average molecular weight is 234 g/mol. The molecule has 0 spiro atoms. The maximum Gasteiger partial charge on any atom is 0.125 e. The van der Waals surface area contributed by atoms with Crippen LogP contribution in [0.15, 0.2) is 54.7 Å². The maximum absolute atomic E-state index is 4.47. The van der Waals surface area contributed by atoms with Crippen LogP contribution in [0.5, 0.6) is 0 Å². The third-order valence-corrected chi connectivity index (χ3v) is 3.02. The summed E-state index contributed by atoms with van der Waals surface area (Å²) >= 11 is 0. The SMILES string of the molecule is Cc1ncc2ccc(Cc3ccccc3)cc2n1. The van der Waals surface area contributed by atoms with E-state index in [4.69, 9.17) is 0 Å². The standard InChI is InChI=1S/C16H14N2/c1-12-17-11-15-8-7-14(10-16(15)18-12)9-13-5-3-2-4-6-13/h2-8,10-11H,9H2,1H3. The minimum absolute atomic E-state index is 0.819. The van der Waals surface area contributed by atoms with Crippen LogP contribution in [-0.4, -0.2) is 9.97 Å². The van der Waals surface area contributed by atoms with E-state index >= 15 is 0 Å². The van der Waals surface area contributed by atoms with Crippen LogP contribution in [-0.2, 0) is 6.42 Å². The molecule has 0 aliphatic carbocycles. The van der Waals surface area contributed by atoms with Gasteiger partial charge in [-0.2, -0.15) is 0 Å². The van der Waals surface area contributed by atoms with E-state index < -0.39 is 0 Å². The second-order valence-corrected chi connectivity index (χ2v) is 4.47. The highest BCUT2D eigenvalue weighted by Gasteiger charge is 2.00. The quantitative estimate of drug-likeness (QED) is 0.678. The average Bonchev–Trinajstić information content (AvgIpc) is 2.39. The van der Waals surface area contributed by atoms with Crippen molar-refractivity contribution in [2.75, 3.05) is 0 Å². The lowest BCUT2D eigenvalue weighted by atomic mass is 10.0. The zero-order chi connectivity index (χ0) is 12.4. The van der Waals surface area contributed by atoms with E-state index in [-0.39, 0.29) is 0 Å². The van der Waals surface area contributed by atoms with Crippen LogP contribution in [0.3, 0.4) is 0 Å². The number of fused-ring (bicyclic) bond motifs is 1. The summed E-state index contributed by atoms with van der Waals surface area (Å²) in [5.41, 5.74) is 3.63. The molecule has 0 radical (unpaired) electrons. The van der Waals surface area contributed by atoms with E-state index in [0.29, 0.717) is 0 Å². The first-order chi connectivity index (χ1) is 8.81. The predicted octanol–water partition coefficient (Wildman–Crippen LogP) is 3.53. The Kier molecular flexibility index (Phi) is 2.77. The zero-order valence-electron chi connectivity index (χ0n) is 10.3. The highest BCUT2D eigenvalue weighted by Crippen LogP contribution is 2.16. The van der Waals surface area contributed by atoms with Crippen molar-refractivity contribution < 1.29 is 0 Å². The first-order valence-corrected chi connectivity index (χ1v) is 6.07. The van der Waals surface area contributed by atoms with Crippen molar-refractivity contribution in [3.8, 4) is 0 Å². The third-order valence-electron chi connectivity index (χ3n) is 3.02. The van der Waals surface area contributed by atoms with Gasteiger partial charge in [0.1, 0.15) is 5.82 Å². The summed E-state index contributed by atoms with van der Waals surface area (Å²) < 4.78 is 0. The van der Waals surface area contributed by atoms with Crippen LogP contribution in [0.2, 0.25) is 0 Å². The summed E-state index contributed by atoms with van der Waals surface area (Å²) in [7, 11) is 0. The Morgan fingerprint density at radius 1 is 0.944 bits per heavy atom. The summed E-state index contributed by atoms with van der Waals surface area (Å²) in [4.78, 5) is 8.68. The molecule has 0 N–H and O–H groups in total.